The highest BCUT2D eigenvalue weighted by Gasteiger charge is 2.16. The summed E-state index contributed by atoms with van der Waals surface area (Å²) in [4.78, 5) is 13.4. The van der Waals surface area contributed by atoms with E-state index in [2.05, 4.69) is 27.7 Å². The summed E-state index contributed by atoms with van der Waals surface area (Å²) in [7, 11) is 1.59. The van der Waals surface area contributed by atoms with Crippen LogP contribution < -0.4 is 5.73 Å². The fraction of sp³-hybridized carbons (Fsp3) is 0.273. The zero-order chi connectivity index (χ0) is 13.7. The lowest BCUT2D eigenvalue weighted by Crippen LogP contribution is -2.30. The van der Waals surface area contributed by atoms with Gasteiger partial charge in [0, 0.05) is 23.6 Å². The lowest BCUT2D eigenvalue weighted by Gasteiger charge is -2.17. The van der Waals surface area contributed by atoms with Crippen LogP contribution in [0.15, 0.2) is 23.4 Å². The first kappa shape index (κ1) is 14.6. The van der Waals surface area contributed by atoms with Gasteiger partial charge in [0.2, 0.25) is 0 Å². The number of aromatic hydroxyl groups is 1. The number of hydrogen-bond acceptors (Lipinski definition) is 4. The monoisotopic (exact) mass is 363 g/mol. The summed E-state index contributed by atoms with van der Waals surface area (Å²) in [5, 5.41) is 20.9. The van der Waals surface area contributed by atoms with Crippen molar-refractivity contribution >= 4 is 34.3 Å². The van der Waals surface area contributed by atoms with E-state index in [1.54, 1.807) is 19.2 Å². The highest BCUT2D eigenvalue weighted by atomic mass is 127. The van der Waals surface area contributed by atoms with Gasteiger partial charge in [-0.1, -0.05) is 5.16 Å². The predicted octanol–water partition coefficient (Wildman–Crippen LogP) is 1.21. The van der Waals surface area contributed by atoms with E-state index >= 15 is 0 Å². The van der Waals surface area contributed by atoms with Gasteiger partial charge in [-0.25, -0.2) is 0 Å². The van der Waals surface area contributed by atoms with Gasteiger partial charge in [0.25, 0.3) is 5.91 Å². The van der Waals surface area contributed by atoms with Crippen molar-refractivity contribution < 1.29 is 15.1 Å². The maximum absolute atomic E-state index is 12.0. The van der Waals surface area contributed by atoms with Crippen molar-refractivity contribution in [3.63, 3.8) is 0 Å². The Kier molecular flexibility index (Phi) is 5.20. The maximum atomic E-state index is 12.0. The molecule has 0 atom stereocenters. The third kappa shape index (κ3) is 3.76. The summed E-state index contributed by atoms with van der Waals surface area (Å²) in [6, 6.07) is 4.80. The number of amidine groups is 1. The van der Waals surface area contributed by atoms with Gasteiger partial charge in [0.05, 0.1) is 5.56 Å². The van der Waals surface area contributed by atoms with Gasteiger partial charge in [-0.15, -0.1) is 0 Å². The molecule has 0 fully saturated rings. The van der Waals surface area contributed by atoms with Crippen LogP contribution in [0.5, 0.6) is 5.75 Å². The van der Waals surface area contributed by atoms with Crippen LogP contribution in [-0.2, 0) is 0 Å². The molecule has 18 heavy (non-hydrogen) atoms. The van der Waals surface area contributed by atoms with Gasteiger partial charge in [-0.2, -0.15) is 0 Å². The second-order valence-electron chi connectivity index (χ2n) is 3.73. The van der Waals surface area contributed by atoms with Crippen LogP contribution in [0.25, 0.3) is 0 Å². The molecule has 98 valence electrons. The van der Waals surface area contributed by atoms with E-state index in [0.29, 0.717) is 6.54 Å². The number of phenols is 1. The van der Waals surface area contributed by atoms with Crippen molar-refractivity contribution in [3.8, 4) is 5.75 Å². The number of rotatable bonds is 4. The molecule has 1 aromatic carbocycles. The van der Waals surface area contributed by atoms with E-state index in [-0.39, 0.29) is 29.5 Å². The SMILES string of the molecule is CN(CC/C(N)=N/O)C(=O)c1cc(I)ccc1O. The predicted molar refractivity (Wildman–Crippen MR) is 75.8 cm³/mol. The van der Waals surface area contributed by atoms with Crippen molar-refractivity contribution in [2.24, 2.45) is 10.9 Å². The van der Waals surface area contributed by atoms with Crippen LogP contribution in [0.1, 0.15) is 16.8 Å². The van der Waals surface area contributed by atoms with Crippen molar-refractivity contribution in [1.82, 2.24) is 4.90 Å². The Labute approximate surface area is 118 Å². The van der Waals surface area contributed by atoms with Gasteiger partial charge < -0.3 is 20.9 Å². The van der Waals surface area contributed by atoms with Gasteiger partial charge in [-0.05, 0) is 40.8 Å². The second-order valence-corrected chi connectivity index (χ2v) is 4.98. The molecule has 4 N–H and O–H groups in total. The number of carbonyl (C=O) groups is 1. The van der Waals surface area contributed by atoms with Gasteiger partial charge in [0.1, 0.15) is 11.6 Å². The molecule has 0 aliphatic rings. The van der Waals surface area contributed by atoms with Gasteiger partial charge in [-0.3, -0.25) is 4.79 Å². The first-order valence-electron chi connectivity index (χ1n) is 5.16. The fourth-order valence-corrected chi connectivity index (χ4v) is 1.81. The number of nitrogens with two attached hydrogens (primary N) is 1. The molecule has 7 heteroatoms. The lowest BCUT2D eigenvalue weighted by atomic mass is 10.1. The number of halogens is 1. The number of benzene rings is 1. The van der Waals surface area contributed by atoms with E-state index in [1.165, 1.54) is 11.0 Å². The van der Waals surface area contributed by atoms with Gasteiger partial charge in [0.15, 0.2) is 0 Å². The van der Waals surface area contributed by atoms with E-state index in [9.17, 15) is 9.90 Å². The molecule has 0 saturated heterocycles. The second kappa shape index (κ2) is 6.43. The molecule has 1 rings (SSSR count). The van der Waals surface area contributed by atoms with Crippen molar-refractivity contribution in [1.29, 1.82) is 0 Å². The molecule has 0 radical (unpaired) electrons. The average Bonchev–Trinajstić information content (AvgIpc) is 2.37. The quantitative estimate of drug-likeness (QED) is 0.246. The molecule has 0 saturated carbocycles. The summed E-state index contributed by atoms with van der Waals surface area (Å²) in [6.45, 7) is 0.305. The Bertz CT molecular complexity index is 477. The van der Waals surface area contributed by atoms with E-state index in [0.717, 1.165) is 3.57 Å². The van der Waals surface area contributed by atoms with Crippen LogP contribution in [0.3, 0.4) is 0 Å². The molecule has 0 heterocycles. The van der Waals surface area contributed by atoms with Gasteiger partial charge >= 0.3 is 0 Å². The molecule has 0 unspecified atom stereocenters. The third-order valence-electron chi connectivity index (χ3n) is 2.37. The molecule has 6 nitrogen and oxygen atoms in total. The Morgan fingerprint density at radius 3 is 2.83 bits per heavy atom. The summed E-state index contributed by atoms with van der Waals surface area (Å²) >= 11 is 2.06. The molecular weight excluding hydrogens is 349 g/mol. The fourth-order valence-electron chi connectivity index (χ4n) is 1.32. The number of phenolic OH excluding ortho intramolecular Hbond substituents is 1. The van der Waals surface area contributed by atoms with E-state index in [4.69, 9.17) is 10.9 Å². The molecular formula is C11H14IN3O3. The standard InChI is InChI=1S/C11H14IN3O3/c1-15(5-4-10(13)14-18)11(17)8-6-7(12)2-3-9(8)16/h2-3,6,16,18H,4-5H2,1H3,(H2,13,14). The summed E-state index contributed by atoms with van der Waals surface area (Å²) in [5.74, 6) is -0.311. The lowest BCUT2D eigenvalue weighted by molar-refractivity contribution is 0.0795. The minimum absolute atomic E-state index is 0.0570. The molecule has 0 aromatic heterocycles. The summed E-state index contributed by atoms with van der Waals surface area (Å²) < 4.78 is 0.860. The first-order valence-corrected chi connectivity index (χ1v) is 6.24. The topological polar surface area (TPSA) is 99.1 Å². The average molecular weight is 363 g/mol. The first-order chi connectivity index (χ1) is 8.45. The number of hydrogen-bond donors (Lipinski definition) is 3. The van der Waals surface area contributed by atoms with Crippen molar-refractivity contribution in [2.45, 2.75) is 6.42 Å². The van der Waals surface area contributed by atoms with Crippen LogP contribution in [0.2, 0.25) is 0 Å². The minimum atomic E-state index is -0.309. The summed E-state index contributed by atoms with van der Waals surface area (Å²) in [5.41, 5.74) is 5.57. The Morgan fingerprint density at radius 1 is 1.56 bits per heavy atom. The molecule has 0 bridgehead atoms. The van der Waals surface area contributed by atoms with E-state index < -0.39 is 0 Å². The Balaban J connectivity index is 2.77. The maximum Gasteiger partial charge on any atom is 0.257 e. The smallest absolute Gasteiger partial charge is 0.257 e. The highest BCUT2D eigenvalue weighted by Crippen LogP contribution is 2.21. The Hall–Kier alpha value is -1.51. The molecule has 0 aliphatic heterocycles. The number of nitrogens with zero attached hydrogens (tertiary/aromatic N) is 2. The van der Waals surface area contributed by atoms with Crippen molar-refractivity contribution in [3.05, 3.63) is 27.3 Å². The van der Waals surface area contributed by atoms with Crippen LogP contribution in [-0.4, -0.2) is 40.5 Å². The largest absolute Gasteiger partial charge is 0.507 e. The number of amides is 1. The molecule has 0 aliphatic carbocycles. The zero-order valence-electron chi connectivity index (χ0n) is 9.80. The highest BCUT2D eigenvalue weighted by molar-refractivity contribution is 14.1. The number of carbonyl (C=O) groups excluding carboxylic acids is 1. The molecule has 1 amide bonds. The van der Waals surface area contributed by atoms with Crippen molar-refractivity contribution in [2.75, 3.05) is 13.6 Å². The van der Waals surface area contributed by atoms with Crippen LogP contribution >= 0.6 is 22.6 Å². The normalized spacial score (nSPS) is 11.3. The number of oxime groups is 1. The minimum Gasteiger partial charge on any atom is -0.507 e. The summed E-state index contributed by atoms with van der Waals surface area (Å²) in [6.07, 6.45) is 0.267. The van der Waals surface area contributed by atoms with E-state index in [1.807, 2.05) is 0 Å². The molecule has 0 spiro atoms. The van der Waals surface area contributed by atoms with Crippen LogP contribution in [0, 0.1) is 3.57 Å². The Morgan fingerprint density at radius 2 is 2.22 bits per heavy atom. The third-order valence-corrected chi connectivity index (χ3v) is 3.04. The molecule has 1 aromatic rings. The zero-order valence-corrected chi connectivity index (χ0v) is 12.0. The van der Waals surface area contributed by atoms with Crippen LogP contribution in [0.4, 0.5) is 0 Å².